The summed E-state index contributed by atoms with van der Waals surface area (Å²) >= 11 is 0. The molecule has 1 heterocycles. The molecule has 0 bridgehead atoms. The van der Waals surface area contributed by atoms with E-state index in [9.17, 15) is 9.59 Å². The molecular formula is C15H16O4. The molecule has 100 valence electrons. The minimum atomic E-state index is -0.127. The Bertz CT molecular complexity index is 682. The zero-order valence-electron chi connectivity index (χ0n) is 11.3. The van der Waals surface area contributed by atoms with Gasteiger partial charge in [0.05, 0.1) is 18.4 Å². The third-order valence-electron chi connectivity index (χ3n) is 2.79. The second-order valence-corrected chi connectivity index (χ2v) is 4.50. The maximum absolute atomic E-state index is 12.1. The fourth-order valence-electron chi connectivity index (χ4n) is 2.09. The van der Waals surface area contributed by atoms with Crippen molar-refractivity contribution in [3.8, 4) is 5.75 Å². The van der Waals surface area contributed by atoms with Crippen LogP contribution in [0.1, 0.15) is 25.2 Å². The first-order chi connectivity index (χ1) is 9.01. The Morgan fingerprint density at radius 1 is 1.32 bits per heavy atom. The first-order valence-electron chi connectivity index (χ1n) is 6.21. The highest BCUT2D eigenvalue weighted by atomic mass is 16.5. The van der Waals surface area contributed by atoms with Crippen molar-refractivity contribution in [2.75, 3.05) is 6.61 Å². The van der Waals surface area contributed by atoms with E-state index in [1.54, 1.807) is 6.07 Å². The van der Waals surface area contributed by atoms with E-state index >= 15 is 0 Å². The first-order valence-corrected chi connectivity index (χ1v) is 6.21. The van der Waals surface area contributed by atoms with Crippen molar-refractivity contribution >= 4 is 16.8 Å². The van der Waals surface area contributed by atoms with Crippen LogP contribution < -0.4 is 10.2 Å². The fraction of sp³-hybridized carbons (Fsp3) is 0.333. The monoisotopic (exact) mass is 260 g/mol. The minimum absolute atomic E-state index is 0.0415. The molecule has 1 aromatic carbocycles. The second-order valence-electron chi connectivity index (χ2n) is 4.50. The van der Waals surface area contributed by atoms with Crippen LogP contribution in [0, 0.1) is 6.92 Å². The molecule has 0 fully saturated rings. The lowest BCUT2D eigenvalue weighted by molar-refractivity contribution is -0.116. The van der Waals surface area contributed by atoms with Crippen LogP contribution >= 0.6 is 0 Å². The van der Waals surface area contributed by atoms with Crippen LogP contribution in [-0.2, 0) is 11.2 Å². The van der Waals surface area contributed by atoms with E-state index in [0.29, 0.717) is 29.1 Å². The van der Waals surface area contributed by atoms with Crippen molar-refractivity contribution in [3.05, 3.63) is 39.7 Å². The van der Waals surface area contributed by atoms with Gasteiger partial charge in [0.15, 0.2) is 5.43 Å². The Labute approximate surface area is 111 Å². The molecule has 0 aliphatic rings. The van der Waals surface area contributed by atoms with E-state index in [1.165, 1.54) is 13.0 Å². The van der Waals surface area contributed by atoms with E-state index in [0.717, 1.165) is 5.56 Å². The van der Waals surface area contributed by atoms with E-state index < -0.39 is 0 Å². The second kappa shape index (κ2) is 5.26. The van der Waals surface area contributed by atoms with Gasteiger partial charge in [-0.25, -0.2) is 0 Å². The zero-order chi connectivity index (χ0) is 14.0. The molecule has 0 spiro atoms. The molecule has 0 aliphatic heterocycles. The predicted molar refractivity (Wildman–Crippen MR) is 72.8 cm³/mol. The van der Waals surface area contributed by atoms with Crippen LogP contribution in [0.4, 0.5) is 0 Å². The van der Waals surface area contributed by atoms with E-state index in [-0.39, 0.29) is 17.6 Å². The van der Waals surface area contributed by atoms with Crippen LogP contribution in [0.5, 0.6) is 5.75 Å². The number of aryl methyl sites for hydroxylation is 1. The molecule has 0 amide bonds. The quantitative estimate of drug-likeness (QED) is 0.848. The maximum atomic E-state index is 12.1. The van der Waals surface area contributed by atoms with Crippen LogP contribution in [0.15, 0.2) is 27.4 Å². The van der Waals surface area contributed by atoms with Gasteiger partial charge in [0.25, 0.3) is 0 Å². The molecule has 0 radical (unpaired) electrons. The molecule has 0 N–H and O–H groups in total. The average molecular weight is 260 g/mol. The number of carbonyl (C=O) groups excluding carboxylic acids is 1. The van der Waals surface area contributed by atoms with Gasteiger partial charge in [0.2, 0.25) is 0 Å². The van der Waals surface area contributed by atoms with Crippen molar-refractivity contribution < 1.29 is 13.9 Å². The van der Waals surface area contributed by atoms with Gasteiger partial charge < -0.3 is 9.15 Å². The van der Waals surface area contributed by atoms with E-state index in [2.05, 4.69) is 0 Å². The number of ether oxygens (including phenoxy) is 1. The lowest BCUT2D eigenvalue weighted by atomic mass is 10.1. The smallest absolute Gasteiger partial charge is 0.193 e. The van der Waals surface area contributed by atoms with Gasteiger partial charge in [-0.2, -0.15) is 0 Å². The summed E-state index contributed by atoms with van der Waals surface area (Å²) in [5, 5.41) is 0.538. The Hall–Kier alpha value is -2.10. The summed E-state index contributed by atoms with van der Waals surface area (Å²) in [5.74, 6) is 1.01. The SMILES string of the molecule is CCOc1cc(C)c2c(=O)cc(CC(C)=O)oc2c1. The largest absolute Gasteiger partial charge is 0.494 e. The number of fused-ring (bicyclic) bond motifs is 1. The average Bonchev–Trinajstić information content (AvgIpc) is 2.26. The van der Waals surface area contributed by atoms with E-state index in [4.69, 9.17) is 9.15 Å². The highest BCUT2D eigenvalue weighted by Gasteiger charge is 2.10. The zero-order valence-corrected chi connectivity index (χ0v) is 11.3. The van der Waals surface area contributed by atoms with Crippen molar-refractivity contribution in [2.45, 2.75) is 27.2 Å². The summed E-state index contributed by atoms with van der Waals surface area (Å²) < 4.78 is 11.0. The highest BCUT2D eigenvalue weighted by molar-refractivity contribution is 5.83. The summed E-state index contributed by atoms with van der Waals surface area (Å²) in [5.41, 5.74) is 1.15. The number of Topliss-reactive ketones (excluding diaryl/α,β-unsaturated/α-hetero) is 1. The molecule has 0 saturated carbocycles. The van der Waals surface area contributed by atoms with Gasteiger partial charge in [-0.3, -0.25) is 9.59 Å². The van der Waals surface area contributed by atoms with Gasteiger partial charge in [0, 0.05) is 12.1 Å². The summed E-state index contributed by atoms with van der Waals surface area (Å²) in [6.45, 7) is 5.74. The third-order valence-corrected chi connectivity index (χ3v) is 2.79. The number of rotatable bonds is 4. The molecule has 0 saturated heterocycles. The van der Waals surface area contributed by atoms with Crippen molar-refractivity contribution in [2.24, 2.45) is 0 Å². The minimum Gasteiger partial charge on any atom is -0.494 e. The van der Waals surface area contributed by atoms with Crippen molar-refractivity contribution in [1.82, 2.24) is 0 Å². The summed E-state index contributed by atoms with van der Waals surface area (Å²) in [6, 6.07) is 4.89. The highest BCUT2D eigenvalue weighted by Crippen LogP contribution is 2.23. The number of hydrogen-bond donors (Lipinski definition) is 0. The Kier molecular flexibility index (Phi) is 3.69. The first kappa shape index (κ1) is 13.3. The third kappa shape index (κ3) is 2.84. The molecule has 19 heavy (non-hydrogen) atoms. The van der Waals surface area contributed by atoms with Crippen LogP contribution in [0.2, 0.25) is 0 Å². The topological polar surface area (TPSA) is 56.5 Å². The Morgan fingerprint density at radius 3 is 2.68 bits per heavy atom. The molecule has 1 aromatic heterocycles. The summed E-state index contributed by atoms with van der Waals surface area (Å²) in [6.07, 6.45) is 0.128. The molecule has 0 aliphatic carbocycles. The van der Waals surface area contributed by atoms with Gasteiger partial charge in [-0.05, 0) is 32.4 Å². The van der Waals surface area contributed by atoms with Crippen LogP contribution in [0.25, 0.3) is 11.0 Å². The van der Waals surface area contributed by atoms with Gasteiger partial charge >= 0.3 is 0 Å². The standard InChI is InChI=1S/C15H16O4/c1-4-18-11-5-9(2)15-13(17)7-12(6-10(3)16)19-14(15)8-11/h5,7-8H,4,6H2,1-3H3. The number of benzene rings is 1. The summed E-state index contributed by atoms with van der Waals surface area (Å²) in [4.78, 5) is 23.2. The number of carbonyl (C=O) groups is 1. The van der Waals surface area contributed by atoms with Crippen molar-refractivity contribution in [3.63, 3.8) is 0 Å². The van der Waals surface area contributed by atoms with Gasteiger partial charge in [-0.15, -0.1) is 0 Å². The normalized spacial score (nSPS) is 10.7. The van der Waals surface area contributed by atoms with Gasteiger partial charge in [-0.1, -0.05) is 0 Å². The van der Waals surface area contributed by atoms with Gasteiger partial charge in [0.1, 0.15) is 22.9 Å². The van der Waals surface area contributed by atoms with E-state index in [1.807, 2.05) is 19.9 Å². The molecule has 4 heteroatoms. The molecule has 2 rings (SSSR count). The number of hydrogen-bond acceptors (Lipinski definition) is 4. The molecule has 0 unspecified atom stereocenters. The van der Waals surface area contributed by atoms with Crippen LogP contribution in [-0.4, -0.2) is 12.4 Å². The molecule has 0 atom stereocenters. The predicted octanol–water partition coefficient (Wildman–Crippen LogP) is 2.63. The maximum Gasteiger partial charge on any atom is 0.193 e. The van der Waals surface area contributed by atoms with Crippen molar-refractivity contribution in [1.29, 1.82) is 0 Å². The molecule has 2 aromatic rings. The molecular weight excluding hydrogens is 244 g/mol. The Morgan fingerprint density at radius 2 is 2.05 bits per heavy atom. The van der Waals surface area contributed by atoms with Crippen LogP contribution in [0.3, 0.4) is 0 Å². The lowest BCUT2D eigenvalue weighted by Gasteiger charge is -2.08. The number of ketones is 1. The molecule has 4 nitrogen and oxygen atoms in total. The summed E-state index contributed by atoms with van der Waals surface area (Å²) in [7, 11) is 0. The Balaban J connectivity index is 2.63. The fourth-order valence-corrected chi connectivity index (χ4v) is 2.09. The lowest BCUT2D eigenvalue weighted by Crippen LogP contribution is -2.07.